The summed E-state index contributed by atoms with van der Waals surface area (Å²) < 4.78 is 46.3. The van der Waals surface area contributed by atoms with Gasteiger partial charge in [-0.15, -0.1) is 0 Å². The van der Waals surface area contributed by atoms with Crippen LogP contribution in [0.2, 0.25) is 0 Å². The average Bonchev–Trinajstić information content (AvgIpc) is 3.22. The molecule has 14 heteroatoms. The van der Waals surface area contributed by atoms with Crippen LogP contribution in [0.1, 0.15) is 38.8 Å². The van der Waals surface area contributed by atoms with Gasteiger partial charge in [-0.25, -0.2) is 19.8 Å². The molecule has 13 nitrogen and oxygen atoms in total. The third-order valence-corrected chi connectivity index (χ3v) is 5.17. The Balaban J connectivity index is 1.76. The van der Waals surface area contributed by atoms with Crippen molar-refractivity contribution in [1.82, 2.24) is 19.7 Å². The number of nitrogens with two attached hydrogens (primary N) is 2. The highest BCUT2D eigenvalue weighted by Crippen LogP contribution is 2.44. The van der Waals surface area contributed by atoms with Gasteiger partial charge in [0.1, 0.15) is 36.2 Å². The fraction of sp³-hybridized carbons (Fsp3) is 0.667. The highest BCUT2D eigenvalue weighted by atomic mass is 32.2. The van der Waals surface area contributed by atoms with Crippen molar-refractivity contribution >= 4 is 27.2 Å². The Morgan fingerprint density at radius 3 is 2.69 bits per heavy atom. The molecule has 2 aromatic heterocycles. The maximum atomic E-state index is 11.2. The van der Waals surface area contributed by atoms with Gasteiger partial charge in [0.25, 0.3) is 0 Å². The summed E-state index contributed by atoms with van der Waals surface area (Å²) in [5.41, 5.74) is 6.58. The summed E-state index contributed by atoms with van der Waals surface area (Å²) in [5.74, 6) is -0.786. The van der Waals surface area contributed by atoms with Crippen LogP contribution >= 0.6 is 0 Å². The summed E-state index contributed by atoms with van der Waals surface area (Å²) in [5, 5.41) is 19.9. The van der Waals surface area contributed by atoms with Crippen LogP contribution in [0.25, 0.3) is 11.0 Å². The van der Waals surface area contributed by atoms with Crippen molar-refractivity contribution in [3.63, 3.8) is 0 Å². The van der Waals surface area contributed by atoms with Crippen molar-refractivity contribution in [2.45, 2.75) is 57.2 Å². The van der Waals surface area contributed by atoms with Gasteiger partial charge in [-0.05, 0) is 20.8 Å². The number of aliphatic hydroxyl groups is 1. The summed E-state index contributed by atoms with van der Waals surface area (Å²) in [6.07, 6.45) is -2.63. The lowest BCUT2D eigenvalue weighted by molar-refractivity contribution is -0.200. The van der Waals surface area contributed by atoms with Crippen LogP contribution in [0.5, 0.6) is 0 Å². The molecule has 0 aromatic carbocycles. The first-order valence-electron chi connectivity index (χ1n) is 8.82. The normalized spacial score (nSPS) is 30.0. The zero-order valence-corrected chi connectivity index (χ0v) is 16.7. The van der Waals surface area contributed by atoms with Crippen LogP contribution in [-0.2, 0) is 28.7 Å². The number of rotatable bonds is 5. The fourth-order valence-corrected chi connectivity index (χ4v) is 3.97. The molecule has 2 aliphatic heterocycles. The van der Waals surface area contributed by atoms with Gasteiger partial charge in [0.05, 0.1) is 18.1 Å². The number of nitrogen functional groups attached to an aromatic ring is 1. The van der Waals surface area contributed by atoms with Gasteiger partial charge in [-0.3, -0.25) is 4.18 Å². The van der Waals surface area contributed by atoms with Gasteiger partial charge in [0.2, 0.25) is 0 Å². The molecular formula is C15H22N6O7S. The van der Waals surface area contributed by atoms with Gasteiger partial charge in [0.15, 0.2) is 17.7 Å². The summed E-state index contributed by atoms with van der Waals surface area (Å²) in [6.45, 7) is 4.62. The Hall–Kier alpha value is -1.94. The van der Waals surface area contributed by atoms with Crippen molar-refractivity contribution in [2.75, 3.05) is 12.3 Å². The number of nitrogens with zero attached hydrogens (tertiary/aromatic N) is 4. The second-order valence-corrected chi connectivity index (χ2v) is 8.59. The van der Waals surface area contributed by atoms with Gasteiger partial charge in [-0.1, -0.05) is 0 Å². The monoisotopic (exact) mass is 430 g/mol. The molecule has 1 unspecified atom stereocenters. The first kappa shape index (κ1) is 20.3. The van der Waals surface area contributed by atoms with Crippen molar-refractivity contribution in [1.29, 1.82) is 0 Å². The minimum atomic E-state index is -4.17. The van der Waals surface area contributed by atoms with Crippen molar-refractivity contribution in [2.24, 2.45) is 5.14 Å². The first-order valence-corrected chi connectivity index (χ1v) is 10.3. The second kappa shape index (κ2) is 6.80. The van der Waals surface area contributed by atoms with E-state index < -0.39 is 46.7 Å². The van der Waals surface area contributed by atoms with Gasteiger partial charge < -0.3 is 25.1 Å². The molecular weight excluding hydrogens is 408 g/mol. The van der Waals surface area contributed by atoms with E-state index >= 15 is 0 Å². The molecule has 2 saturated heterocycles. The second-order valence-electron chi connectivity index (χ2n) is 7.37. The zero-order valence-electron chi connectivity index (χ0n) is 15.9. The predicted octanol–water partition coefficient (Wildman–Crippen LogP) is -0.901. The van der Waals surface area contributed by atoms with Crippen LogP contribution in [0.3, 0.4) is 0 Å². The molecule has 0 spiro atoms. The van der Waals surface area contributed by atoms with Crippen molar-refractivity contribution < 1.29 is 31.9 Å². The third kappa shape index (κ3) is 3.68. The number of ether oxygens (including phenoxy) is 3. The minimum Gasteiger partial charge on any atom is -0.387 e. The number of anilines is 1. The molecule has 0 radical (unpaired) electrons. The summed E-state index contributed by atoms with van der Waals surface area (Å²) in [7, 11) is -4.17. The Morgan fingerprint density at radius 1 is 1.34 bits per heavy atom. The van der Waals surface area contributed by atoms with Crippen molar-refractivity contribution in [3.8, 4) is 0 Å². The average molecular weight is 430 g/mol. The number of aliphatic hydroxyl groups excluding tert-OH is 1. The standard InChI is InChI=1S/C15H22N6O7S/c1-6(22)9-8-12(16)18-5-19-13(8)21(20-9)14-11-10(27-15(2,3)28-11)7(26-14)4-25-29(17,23)24/h5-7,10-11,14,22H,4H2,1-3H3,(H2,16,18,19)(H2,17,23,24)/t6?,7-,10-,11-,14-/m1/s1. The van der Waals surface area contributed by atoms with E-state index in [1.807, 2.05) is 0 Å². The van der Waals surface area contributed by atoms with Crippen molar-refractivity contribution in [3.05, 3.63) is 12.0 Å². The molecule has 0 aliphatic carbocycles. The van der Waals surface area contributed by atoms with Crippen LogP contribution in [0.15, 0.2) is 6.33 Å². The molecule has 2 aromatic rings. The smallest absolute Gasteiger partial charge is 0.333 e. The largest absolute Gasteiger partial charge is 0.387 e. The minimum absolute atomic E-state index is 0.157. The molecule has 5 N–H and O–H groups in total. The lowest BCUT2D eigenvalue weighted by Gasteiger charge is -2.24. The molecule has 4 rings (SSSR count). The summed E-state index contributed by atoms with van der Waals surface area (Å²) >= 11 is 0. The Labute approximate surface area is 166 Å². The van der Waals surface area contributed by atoms with E-state index in [1.165, 1.54) is 17.9 Å². The lowest BCUT2D eigenvalue weighted by Crippen LogP contribution is -2.34. The molecule has 4 heterocycles. The van der Waals surface area contributed by atoms with Crippen LogP contribution < -0.4 is 10.9 Å². The van der Waals surface area contributed by atoms with Crippen LogP contribution in [0.4, 0.5) is 5.82 Å². The Bertz CT molecular complexity index is 1040. The molecule has 0 saturated carbocycles. The SMILES string of the molecule is CC(O)c1nn([C@@H]2O[C@H](COS(N)(=O)=O)[C@H]3OC(C)(C)O[C@H]32)c2ncnc(N)c12. The van der Waals surface area contributed by atoms with Gasteiger partial charge >= 0.3 is 10.3 Å². The highest BCUT2D eigenvalue weighted by Gasteiger charge is 2.57. The molecule has 160 valence electrons. The molecule has 5 atom stereocenters. The number of hydrogen-bond donors (Lipinski definition) is 3. The fourth-order valence-electron chi connectivity index (χ4n) is 3.64. The van der Waals surface area contributed by atoms with E-state index in [4.69, 9.17) is 29.3 Å². The van der Waals surface area contributed by atoms with Gasteiger partial charge in [-0.2, -0.15) is 13.5 Å². The van der Waals surface area contributed by atoms with Crippen LogP contribution in [-0.4, -0.2) is 64.0 Å². The predicted molar refractivity (Wildman–Crippen MR) is 97.2 cm³/mol. The number of fused-ring (bicyclic) bond motifs is 2. The van der Waals surface area contributed by atoms with E-state index in [1.54, 1.807) is 13.8 Å². The molecule has 2 fully saturated rings. The number of hydrogen-bond acceptors (Lipinski definition) is 11. The molecule has 0 amide bonds. The quantitative estimate of drug-likeness (QED) is 0.533. The summed E-state index contributed by atoms with van der Waals surface area (Å²) in [4.78, 5) is 8.18. The van der Waals surface area contributed by atoms with Gasteiger partial charge in [0, 0.05) is 0 Å². The van der Waals surface area contributed by atoms with E-state index in [0.717, 1.165) is 0 Å². The topological polar surface area (TPSA) is 187 Å². The zero-order chi connectivity index (χ0) is 21.1. The maximum Gasteiger partial charge on any atom is 0.333 e. The van der Waals surface area contributed by atoms with E-state index in [9.17, 15) is 13.5 Å². The lowest BCUT2D eigenvalue weighted by atomic mass is 10.1. The molecule has 0 bridgehead atoms. The first-order chi connectivity index (χ1) is 13.5. The molecule has 29 heavy (non-hydrogen) atoms. The van der Waals surface area contributed by atoms with E-state index in [0.29, 0.717) is 11.0 Å². The van der Waals surface area contributed by atoms with E-state index in [-0.39, 0.29) is 18.1 Å². The highest BCUT2D eigenvalue weighted by molar-refractivity contribution is 7.84. The Kier molecular flexibility index (Phi) is 4.77. The maximum absolute atomic E-state index is 11.2. The Morgan fingerprint density at radius 2 is 2.03 bits per heavy atom. The number of aromatic nitrogens is 4. The van der Waals surface area contributed by atoms with Crippen LogP contribution in [0, 0.1) is 0 Å². The summed E-state index contributed by atoms with van der Waals surface area (Å²) in [6, 6.07) is 0. The van der Waals surface area contributed by atoms with E-state index in [2.05, 4.69) is 15.1 Å². The third-order valence-electron chi connectivity index (χ3n) is 4.70. The molecule has 2 aliphatic rings.